The molecular weight excluding hydrogens is 272 g/mol. The molecule has 0 spiro atoms. The molecular formula is C14H20N4O3. The summed E-state index contributed by atoms with van der Waals surface area (Å²) in [7, 11) is 0. The van der Waals surface area contributed by atoms with E-state index in [4.69, 9.17) is 0 Å². The second kappa shape index (κ2) is 6.51. The van der Waals surface area contributed by atoms with Crippen LogP contribution in [-0.4, -0.2) is 58.0 Å². The van der Waals surface area contributed by atoms with Crippen LogP contribution < -0.4 is 5.56 Å². The number of aromatic nitrogens is 2. The van der Waals surface area contributed by atoms with Gasteiger partial charge >= 0.3 is 0 Å². The lowest BCUT2D eigenvalue weighted by molar-refractivity contribution is -0.134. The van der Waals surface area contributed by atoms with Gasteiger partial charge in [0.05, 0.1) is 0 Å². The molecule has 1 saturated heterocycles. The average molecular weight is 292 g/mol. The number of aromatic amines is 1. The second-order valence-corrected chi connectivity index (χ2v) is 5.43. The Labute approximate surface area is 122 Å². The summed E-state index contributed by atoms with van der Waals surface area (Å²) < 4.78 is 0. The normalized spacial score (nSPS) is 16.0. The van der Waals surface area contributed by atoms with E-state index in [-0.39, 0.29) is 29.0 Å². The molecule has 0 unspecified atom stereocenters. The molecule has 1 aromatic heterocycles. The van der Waals surface area contributed by atoms with Crippen molar-refractivity contribution < 1.29 is 9.59 Å². The van der Waals surface area contributed by atoms with Crippen LogP contribution in [0.3, 0.4) is 0 Å². The molecule has 0 saturated carbocycles. The van der Waals surface area contributed by atoms with Crippen molar-refractivity contribution >= 4 is 11.8 Å². The third kappa shape index (κ3) is 3.68. The highest BCUT2D eigenvalue weighted by atomic mass is 16.2. The van der Waals surface area contributed by atoms with Gasteiger partial charge in [0, 0.05) is 38.2 Å². The van der Waals surface area contributed by atoms with Gasteiger partial charge in [-0.15, -0.1) is 0 Å². The number of H-pyrrole nitrogens is 1. The van der Waals surface area contributed by atoms with Crippen molar-refractivity contribution in [2.75, 3.05) is 26.2 Å². The van der Waals surface area contributed by atoms with Crippen LogP contribution >= 0.6 is 0 Å². The molecule has 1 N–H and O–H groups in total. The van der Waals surface area contributed by atoms with Crippen molar-refractivity contribution in [3.8, 4) is 0 Å². The van der Waals surface area contributed by atoms with Crippen LogP contribution in [0.1, 0.15) is 30.8 Å². The van der Waals surface area contributed by atoms with Crippen molar-refractivity contribution in [3.63, 3.8) is 0 Å². The molecule has 21 heavy (non-hydrogen) atoms. The zero-order chi connectivity index (χ0) is 15.4. The average Bonchev–Trinajstić information content (AvgIpc) is 2.72. The van der Waals surface area contributed by atoms with E-state index in [0.717, 1.165) is 6.42 Å². The number of hydrogen-bond acceptors (Lipinski definition) is 4. The highest BCUT2D eigenvalue weighted by molar-refractivity contribution is 5.92. The molecule has 1 fully saturated rings. The third-order valence-electron chi connectivity index (χ3n) is 3.49. The molecule has 0 aromatic carbocycles. The molecule has 0 bridgehead atoms. The first-order valence-corrected chi connectivity index (χ1v) is 7.13. The highest BCUT2D eigenvalue weighted by Gasteiger charge is 2.24. The lowest BCUT2D eigenvalue weighted by atomic mass is 10.2. The van der Waals surface area contributed by atoms with Crippen molar-refractivity contribution in [2.24, 2.45) is 5.92 Å². The number of amides is 2. The predicted octanol–water partition coefficient (Wildman–Crippen LogP) is 0.100. The zero-order valence-electron chi connectivity index (χ0n) is 12.3. The van der Waals surface area contributed by atoms with Gasteiger partial charge in [0.25, 0.3) is 11.5 Å². The first-order chi connectivity index (χ1) is 9.99. The molecule has 1 aromatic rings. The van der Waals surface area contributed by atoms with Gasteiger partial charge in [0.1, 0.15) is 5.69 Å². The molecule has 114 valence electrons. The summed E-state index contributed by atoms with van der Waals surface area (Å²) in [5.74, 6) is -0.135. The summed E-state index contributed by atoms with van der Waals surface area (Å²) in [6.45, 7) is 6.02. The number of nitrogens with one attached hydrogen (secondary N) is 1. The molecule has 1 aliphatic rings. The molecule has 0 aliphatic carbocycles. The topological polar surface area (TPSA) is 86.4 Å². The van der Waals surface area contributed by atoms with Crippen LogP contribution in [0.25, 0.3) is 0 Å². The van der Waals surface area contributed by atoms with E-state index < -0.39 is 0 Å². The van der Waals surface area contributed by atoms with Gasteiger partial charge in [-0.3, -0.25) is 14.4 Å². The van der Waals surface area contributed by atoms with Crippen LogP contribution in [0.15, 0.2) is 16.9 Å². The molecule has 2 amide bonds. The highest BCUT2D eigenvalue weighted by Crippen LogP contribution is 2.09. The number of carbonyl (C=O) groups is 2. The maximum Gasteiger partial charge on any atom is 0.274 e. The van der Waals surface area contributed by atoms with Gasteiger partial charge in [-0.1, -0.05) is 13.8 Å². The number of rotatable bonds is 2. The Kier molecular flexibility index (Phi) is 4.72. The second-order valence-electron chi connectivity index (χ2n) is 5.43. The standard InChI is InChI=1S/C14H20N4O3/c1-10(2)13(20)17-6-3-7-18(9-8-17)14(21)11-4-5-12(19)16-15-11/h4-5,10H,3,6-9H2,1-2H3,(H,16,19). The van der Waals surface area contributed by atoms with Gasteiger partial charge in [-0.05, 0) is 12.5 Å². The van der Waals surface area contributed by atoms with Crippen molar-refractivity contribution in [1.82, 2.24) is 20.0 Å². The Morgan fingerprint density at radius 2 is 1.81 bits per heavy atom. The summed E-state index contributed by atoms with van der Waals surface area (Å²) in [6, 6.07) is 2.70. The molecule has 2 rings (SSSR count). The van der Waals surface area contributed by atoms with Gasteiger partial charge in [-0.2, -0.15) is 5.10 Å². The van der Waals surface area contributed by atoms with E-state index in [2.05, 4.69) is 10.2 Å². The third-order valence-corrected chi connectivity index (χ3v) is 3.49. The Bertz CT molecular complexity index is 561. The van der Waals surface area contributed by atoms with E-state index in [1.54, 1.807) is 9.80 Å². The zero-order valence-corrected chi connectivity index (χ0v) is 12.3. The lowest BCUT2D eigenvalue weighted by Crippen LogP contribution is -2.39. The summed E-state index contributed by atoms with van der Waals surface area (Å²) in [5, 5.41) is 6.02. The lowest BCUT2D eigenvalue weighted by Gasteiger charge is -2.23. The molecule has 7 heteroatoms. The van der Waals surface area contributed by atoms with Crippen LogP contribution in [0, 0.1) is 5.92 Å². The summed E-state index contributed by atoms with van der Waals surface area (Å²) in [4.78, 5) is 38.8. The van der Waals surface area contributed by atoms with Gasteiger partial charge in [-0.25, -0.2) is 5.10 Å². The monoisotopic (exact) mass is 292 g/mol. The molecule has 0 atom stereocenters. The van der Waals surface area contributed by atoms with E-state index >= 15 is 0 Å². The van der Waals surface area contributed by atoms with Gasteiger partial charge in [0.2, 0.25) is 5.91 Å². The minimum atomic E-state index is -0.337. The van der Waals surface area contributed by atoms with E-state index in [9.17, 15) is 14.4 Å². The Hall–Kier alpha value is -2.18. The Morgan fingerprint density at radius 1 is 1.14 bits per heavy atom. The summed E-state index contributed by atoms with van der Waals surface area (Å²) in [6.07, 6.45) is 0.744. The maximum atomic E-state index is 12.3. The van der Waals surface area contributed by atoms with Crippen molar-refractivity contribution in [1.29, 1.82) is 0 Å². The van der Waals surface area contributed by atoms with Crippen LogP contribution in [-0.2, 0) is 4.79 Å². The minimum absolute atomic E-state index is 0.0342. The van der Waals surface area contributed by atoms with E-state index in [1.165, 1.54) is 12.1 Å². The first kappa shape index (κ1) is 15.2. The van der Waals surface area contributed by atoms with Gasteiger partial charge in [0.15, 0.2) is 0 Å². The fraction of sp³-hybridized carbons (Fsp3) is 0.571. The van der Waals surface area contributed by atoms with Gasteiger partial charge < -0.3 is 9.80 Å². The predicted molar refractivity (Wildman–Crippen MR) is 76.8 cm³/mol. The fourth-order valence-corrected chi connectivity index (χ4v) is 2.33. The van der Waals surface area contributed by atoms with Crippen LogP contribution in [0.4, 0.5) is 0 Å². The molecule has 7 nitrogen and oxygen atoms in total. The minimum Gasteiger partial charge on any atom is -0.341 e. The maximum absolute atomic E-state index is 12.3. The number of hydrogen-bond donors (Lipinski definition) is 1. The summed E-state index contributed by atoms with van der Waals surface area (Å²) in [5.41, 5.74) is -0.116. The molecule has 2 heterocycles. The van der Waals surface area contributed by atoms with Crippen molar-refractivity contribution in [2.45, 2.75) is 20.3 Å². The van der Waals surface area contributed by atoms with Crippen LogP contribution in [0.5, 0.6) is 0 Å². The first-order valence-electron chi connectivity index (χ1n) is 7.13. The summed E-state index contributed by atoms with van der Waals surface area (Å²) >= 11 is 0. The van der Waals surface area contributed by atoms with Crippen LogP contribution in [0.2, 0.25) is 0 Å². The number of nitrogens with zero attached hydrogens (tertiary/aromatic N) is 3. The Morgan fingerprint density at radius 3 is 2.43 bits per heavy atom. The smallest absolute Gasteiger partial charge is 0.274 e. The molecule has 1 aliphatic heterocycles. The quantitative estimate of drug-likeness (QED) is 0.837. The Balaban J connectivity index is 2.02. The largest absolute Gasteiger partial charge is 0.341 e. The van der Waals surface area contributed by atoms with E-state index in [1.807, 2.05) is 13.8 Å². The number of carbonyl (C=O) groups excluding carboxylic acids is 2. The van der Waals surface area contributed by atoms with Crippen molar-refractivity contribution in [3.05, 3.63) is 28.2 Å². The SMILES string of the molecule is CC(C)C(=O)N1CCCN(C(=O)c2ccc(=O)[nH]n2)CC1. The fourth-order valence-electron chi connectivity index (χ4n) is 2.33. The van der Waals surface area contributed by atoms with E-state index in [0.29, 0.717) is 26.2 Å². The molecule has 0 radical (unpaired) electrons.